The molecule has 0 N–H and O–H groups in total. The summed E-state index contributed by atoms with van der Waals surface area (Å²) in [6.07, 6.45) is 0.286. The first-order valence-electron chi connectivity index (χ1n) is 6.99. The van der Waals surface area contributed by atoms with Gasteiger partial charge in [-0.05, 0) is 52.3 Å². The van der Waals surface area contributed by atoms with Crippen LogP contribution in [0.5, 0.6) is 0 Å². The molecule has 1 aromatic carbocycles. The molecule has 0 aromatic heterocycles. The van der Waals surface area contributed by atoms with Crippen molar-refractivity contribution in [1.29, 1.82) is 5.26 Å². The number of rotatable bonds is 4. The third-order valence-electron chi connectivity index (χ3n) is 3.37. The number of nitriles is 1. The smallest absolute Gasteiger partial charge is 0.254 e. The normalized spacial score (nSPS) is 10.9. The maximum atomic E-state index is 12.7. The Kier molecular flexibility index (Phi) is 5.26. The predicted octanol–water partition coefficient (Wildman–Crippen LogP) is 3.35. The number of aryl methyl sites for hydroxylation is 1. The minimum Gasteiger partial charge on any atom is -0.333 e. The molecule has 0 aliphatic heterocycles. The molecule has 0 radical (unpaired) electrons. The molecule has 0 aliphatic carbocycles. The minimum atomic E-state index is -0.380. The number of ketones is 1. The predicted molar refractivity (Wildman–Crippen MR) is 82.2 cm³/mol. The highest BCUT2D eigenvalue weighted by molar-refractivity contribution is 6.00. The number of nitrogens with zero attached hydrogens (tertiary/aromatic N) is 2. The fourth-order valence-corrected chi connectivity index (χ4v) is 2.19. The van der Waals surface area contributed by atoms with E-state index in [9.17, 15) is 9.59 Å². The highest BCUT2D eigenvalue weighted by Crippen LogP contribution is 2.20. The van der Waals surface area contributed by atoms with Gasteiger partial charge in [0.05, 0.1) is 12.5 Å². The maximum absolute atomic E-state index is 12.7. The van der Waals surface area contributed by atoms with Crippen LogP contribution in [0.15, 0.2) is 18.2 Å². The monoisotopic (exact) mass is 286 g/mol. The summed E-state index contributed by atoms with van der Waals surface area (Å²) in [6, 6.07) is 7.23. The molecule has 1 rings (SSSR count). The number of amides is 1. The van der Waals surface area contributed by atoms with Crippen molar-refractivity contribution in [1.82, 2.24) is 4.90 Å². The van der Waals surface area contributed by atoms with Crippen LogP contribution < -0.4 is 0 Å². The minimum absolute atomic E-state index is 0.0542. The second-order valence-electron chi connectivity index (χ2n) is 6.12. The zero-order valence-corrected chi connectivity index (χ0v) is 13.4. The van der Waals surface area contributed by atoms with Gasteiger partial charge >= 0.3 is 0 Å². The zero-order valence-electron chi connectivity index (χ0n) is 13.4. The van der Waals surface area contributed by atoms with Gasteiger partial charge in [0.1, 0.15) is 0 Å². The molecule has 112 valence electrons. The summed E-state index contributed by atoms with van der Waals surface area (Å²) in [7, 11) is 0. The largest absolute Gasteiger partial charge is 0.333 e. The summed E-state index contributed by atoms with van der Waals surface area (Å²) in [5.74, 6) is -0.207. The summed E-state index contributed by atoms with van der Waals surface area (Å²) in [5, 5.41) is 8.75. The van der Waals surface area contributed by atoms with E-state index in [2.05, 4.69) is 6.07 Å². The van der Waals surface area contributed by atoms with Gasteiger partial charge in [0, 0.05) is 23.2 Å². The van der Waals surface area contributed by atoms with Gasteiger partial charge in [0.2, 0.25) is 0 Å². The van der Waals surface area contributed by atoms with Gasteiger partial charge in [-0.1, -0.05) is 6.07 Å². The molecule has 0 fully saturated rings. The Hall–Kier alpha value is -2.15. The number of Topliss-reactive ketones (excluding diaryl/α,β-unsaturated/α-hetero) is 1. The third-order valence-corrected chi connectivity index (χ3v) is 3.37. The van der Waals surface area contributed by atoms with Crippen LogP contribution in [0.3, 0.4) is 0 Å². The molecule has 1 amide bonds. The molecule has 0 spiro atoms. The maximum Gasteiger partial charge on any atom is 0.254 e. The van der Waals surface area contributed by atoms with Gasteiger partial charge < -0.3 is 4.90 Å². The first-order valence-corrected chi connectivity index (χ1v) is 6.99. The lowest BCUT2D eigenvalue weighted by Crippen LogP contribution is -2.46. The Labute approximate surface area is 126 Å². The summed E-state index contributed by atoms with van der Waals surface area (Å²) in [4.78, 5) is 26.0. The SMILES string of the molecule is CC(=O)c1cc(C(=O)N(CCC#N)C(C)(C)C)ccc1C. The molecule has 0 unspecified atom stereocenters. The van der Waals surface area contributed by atoms with E-state index in [1.54, 1.807) is 23.1 Å². The molecule has 1 aromatic rings. The van der Waals surface area contributed by atoms with Gasteiger partial charge in [-0.15, -0.1) is 0 Å². The molecule has 0 saturated heterocycles. The molecule has 0 heterocycles. The van der Waals surface area contributed by atoms with E-state index >= 15 is 0 Å². The summed E-state index contributed by atoms with van der Waals surface area (Å²) < 4.78 is 0. The molecule has 0 aliphatic rings. The van der Waals surface area contributed by atoms with E-state index < -0.39 is 0 Å². The van der Waals surface area contributed by atoms with E-state index in [0.717, 1.165) is 5.56 Å². The van der Waals surface area contributed by atoms with Crippen molar-refractivity contribution in [2.45, 2.75) is 46.6 Å². The Morgan fingerprint density at radius 1 is 1.29 bits per heavy atom. The van der Waals surface area contributed by atoms with Crippen molar-refractivity contribution in [2.75, 3.05) is 6.54 Å². The van der Waals surface area contributed by atoms with E-state index in [1.807, 2.05) is 27.7 Å². The van der Waals surface area contributed by atoms with Crippen molar-refractivity contribution in [3.63, 3.8) is 0 Å². The lowest BCUT2D eigenvalue weighted by molar-refractivity contribution is 0.0589. The molecule has 0 bridgehead atoms. The summed E-state index contributed by atoms with van der Waals surface area (Å²) in [6.45, 7) is 9.52. The van der Waals surface area contributed by atoms with Crippen LogP contribution in [0.2, 0.25) is 0 Å². The van der Waals surface area contributed by atoms with Gasteiger partial charge in [0.15, 0.2) is 5.78 Å². The van der Waals surface area contributed by atoms with Crippen LogP contribution in [0.25, 0.3) is 0 Å². The van der Waals surface area contributed by atoms with Crippen molar-refractivity contribution >= 4 is 11.7 Å². The highest BCUT2D eigenvalue weighted by atomic mass is 16.2. The van der Waals surface area contributed by atoms with E-state index in [0.29, 0.717) is 17.7 Å². The van der Waals surface area contributed by atoms with Gasteiger partial charge in [-0.25, -0.2) is 0 Å². The molecule has 0 saturated carbocycles. The van der Waals surface area contributed by atoms with Crippen molar-refractivity contribution < 1.29 is 9.59 Å². The molecule has 21 heavy (non-hydrogen) atoms. The number of benzene rings is 1. The fourth-order valence-electron chi connectivity index (χ4n) is 2.19. The average Bonchev–Trinajstić information content (AvgIpc) is 2.37. The first-order chi connectivity index (χ1) is 9.68. The van der Waals surface area contributed by atoms with Crippen molar-refractivity contribution in [3.8, 4) is 6.07 Å². The zero-order chi connectivity index (χ0) is 16.2. The first kappa shape index (κ1) is 16.9. The highest BCUT2D eigenvalue weighted by Gasteiger charge is 2.27. The van der Waals surface area contributed by atoms with E-state index in [1.165, 1.54) is 6.92 Å². The van der Waals surface area contributed by atoms with Gasteiger partial charge in [0.25, 0.3) is 5.91 Å². The third kappa shape index (κ3) is 4.16. The van der Waals surface area contributed by atoms with Crippen LogP contribution >= 0.6 is 0 Å². The topological polar surface area (TPSA) is 61.2 Å². The van der Waals surface area contributed by atoms with Crippen molar-refractivity contribution in [2.24, 2.45) is 0 Å². The molecule has 4 nitrogen and oxygen atoms in total. The second kappa shape index (κ2) is 6.53. The molecular weight excluding hydrogens is 264 g/mol. The van der Waals surface area contributed by atoms with Crippen LogP contribution in [0.4, 0.5) is 0 Å². The summed E-state index contributed by atoms with van der Waals surface area (Å²) >= 11 is 0. The van der Waals surface area contributed by atoms with Crippen LogP contribution in [-0.2, 0) is 0 Å². The van der Waals surface area contributed by atoms with E-state index in [4.69, 9.17) is 5.26 Å². The number of hydrogen-bond acceptors (Lipinski definition) is 3. The average molecular weight is 286 g/mol. The number of hydrogen-bond donors (Lipinski definition) is 0. The Balaban J connectivity index is 3.18. The molecule has 0 atom stereocenters. The lowest BCUT2D eigenvalue weighted by atomic mass is 9.99. The van der Waals surface area contributed by atoms with Crippen LogP contribution in [0.1, 0.15) is 60.4 Å². The standard InChI is InChI=1S/C17H22N2O2/c1-12-7-8-14(11-15(12)13(2)20)16(21)19(10-6-9-18)17(3,4)5/h7-8,11H,6,10H2,1-5H3. The van der Waals surface area contributed by atoms with Crippen molar-refractivity contribution in [3.05, 3.63) is 34.9 Å². The van der Waals surface area contributed by atoms with Gasteiger partial charge in [-0.2, -0.15) is 5.26 Å². The Bertz CT molecular complexity index is 592. The fraction of sp³-hybridized carbons (Fsp3) is 0.471. The number of carbonyl (C=O) groups is 2. The van der Waals surface area contributed by atoms with Crippen LogP contribution in [0, 0.1) is 18.3 Å². The molecule has 4 heteroatoms. The second-order valence-corrected chi connectivity index (χ2v) is 6.12. The molecular formula is C17H22N2O2. The quantitative estimate of drug-likeness (QED) is 0.797. The Morgan fingerprint density at radius 3 is 2.38 bits per heavy atom. The van der Waals surface area contributed by atoms with Gasteiger partial charge in [-0.3, -0.25) is 9.59 Å². The number of carbonyl (C=O) groups excluding carboxylic acids is 2. The Morgan fingerprint density at radius 2 is 1.90 bits per heavy atom. The van der Waals surface area contributed by atoms with Crippen LogP contribution in [-0.4, -0.2) is 28.7 Å². The van der Waals surface area contributed by atoms with E-state index in [-0.39, 0.29) is 23.7 Å². The lowest BCUT2D eigenvalue weighted by Gasteiger charge is -2.35. The summed E-state index contributed by atoms with van der Waals surface area (Å²) in [5.41, 5.74) is 1.53.